The third-order valence-electron chi connectivity index (χ3n) is 2.70. The Kier molecular flexibility index (Phi) is 3.66. The van der Waals surface area contributed by atoms with Gasteiger partial charge in [0.05, 0.1) is 17.1 Å². The highest BCUT2D eigenvalue weighted by molar-refractivity contribution is 5.98. The highest BCUT2D eigenvalue weighted by Gasteiger charge is 2.01. The molecule has 17 heavy (non-hydrogen) atoms. The van der Waals surface area contributed by atoms with Gasteiger partial charge in [0.25, 0.3) is 0 Å². The average Bonchev–Trinajstić information content (AvgIpc) is 2.40. The van der Waals surface area contributed by atoms with Crippen molar-refractivity contribution in [1.82, 2.24) is 4.98 Å². The summed E-state index contributed by atoms with van der Waals surface area (Å²) in [7, 11) is 0. The van der Waals surface area contributed by atoms with E-state index in [1.165, 1.54) is 5.56 Å². The molecule has 0 aliphatic heterocycles. The second kappa shape index (κ2) is 5.39. The average molecular weight is 224 g/mol. The standard InChI is InChI=1S/C15H16N2/c1-3-13-8-4-5-10-15(13)17-12(2)14-9-6-7-11-16-14/h4-11H,3H2,1-2H3. The quantitative estimate of drug-likeness (QED) is 0.728. The van der Waals surface area contributed by atoms with Crippen molar-refractivity contribution in [3.63, 3.8) is 0 Å². The van der Waals surface area contributed by atoms with Crippen LogP contribution < -0.4 is 0 Å². The number of pyridine rings is 1. The van der Waals surface area contributed by atoms with Crippen LogP contribution in [0.3, 0.4) is 0 Å². The molecule has 1 heterocycles. The summed E-state index contributed by atoms with van der Waals surface area (Å²) in [4.78, 5) is 8.95. The summed E-state index contributed by atoms with van der Waals surface area (Å²) in [5.41, 5.74) is 4.19. The molecule has 0 radical (unpaired) electrons. The molecule has 0 unspecified atom stereocenters. The predicted octanol–water partition coefficient (Wildman–Crippen LogP) is 3.78. The predicted molar refractivity (Wildman–Crippen MR) is 71.9 cm³/mol. The summed E-state index contributed by atoms with van der Waals surface area (Å²) in [5.74, 6) is 0. The van der Waals surface area contributed by atoms with Crippen molar-refractivity contribution in [1.29, 1.82) is 0 Å². The Morgan fingerprint density at radius 1 is 1.12 bits per heavy atom. The number of hydrogen-bond acceptors (Lipinski definition) is 2. The maximum absolute atomic E-state index is 4.65. The molecule has 0 saturated carbocycles. The van der Waals surface area contributed by atoms with Crippen LogP contribution >= 0.6 is 0 Å². The van der Waals surface area contributed by atoms with E-state index in [0.717, 1.165) is 23.5 Å². The zero-order valence-corrected chi connectivity index (χ0v) is 10.2. The molecule has 0 fully saturated rings. The number of rotatable bonds is 3. The highest BCUT2D eigenvalue weighted by Crippen LogP contribution is 2.20. The lowest BCUT2D eigenvalue weighted by molar-refractivity contribution is 1.13. The van der Waals surface area contributed by atoms with E-state index in [-0.39, 0.29) is 0 Å². The Balaban J connectivity index is 2.36. The first-order chi connectivity index (χ1) is 8.31. The third kappa shape index (κ3) is 2.78. The van der Waals surface area contributed by atoms with E-state index in [4.69, 9.17) is 0 Å². The molecule has 2 heteroatoms. The van der Waals surface area contributed by atoms with Crippen LogP contribution in [-0.4, -0.2) is 10.7 Å². The highest BCUT2D eigenvalue weighted by atomic mass is 14.8. The fraction of sp³-hybridized carbons (Fsp3) is 0.200. The molecule has 0 aliphatic rings. The molecule has 0 aliphatic carbocycles. The minimum Gasteiger partial charge on any atom is -0.255 e. The van der Waals surface area contributed by atoms with Gasteiger partial charge in [-0.1, -0.05) is 31.2 Å². The third-order valence-corrected chi connectivity index (χ3v) is 2.70. The maximum Gasteiger partial charge on any atom is 0.0841 e. The number of nitrogens with zero attached hydrogens (tertiary/aromatic N) is 2. The van der Waals surface area contributed by atoms with Crippen LogP contribution in [0, 0.1) is 0 Å². The number of para-hydroxylation sites is 1. The first-order valence-electron chi connectivity index (χ1n) is 5.86. The Morgan fingerprint density at radius 2 is 1.88 bits per heavy atom. The molecule has 1 aromatic carbocycles. The van der Waals surface area contributed by atoms with E-state index < -0.39 is 0 Å². The topological polar surface area (TPSA) is 25.2 Å². The van der Waals surface area contributed by atoms with E-state index in [9.17, 15) is 0 Å². The van der Waals surface area contributed by atoms with Gasteiger partial charge in [-0.15, -0.1) is 0 Å². The summed E-state index contributed by atoms with van der Waals surface area (Å²) in [6.07, 6.45) is 2.79. The van der Waals surface area contributed by atoms with Gasteiger partial charge in [0.15, 0.2) is 0 Å². The molecular formula is C15H16N2. The molecule has 0 amide bonds. The van der Waals surface area contributed by atoms with Gasteiger partial charge in [0.1, 0.15) is 0 Å². The zero-order chi connectivity index (χ0) is 12.1. The van der Waals surface area contributed by atoms with Crippen molar-refractivity contribution >= 4 is 11.4 Å². The van der Waals surface area contributed by atoms with E-state index >= 15 is 0 Å². The molecule has 2 aromatic rings. The first-order valence-corrected chi connectivity index (χ1v) is 5.86. The van der Waals surface area contributed by atoms with Crippen LogP contribution in [-0.2, 0) is 6.42 Å². The van der Waals surface area contributed by atoms with Gasteiger partial charge in [-0.3, -0.25) is 9.98 Å². The summed E-state index contributed by atoms with van der Waals surface area (Å²) in [6, 6.07) is 14.1. The van der Waals surface area contributed by atoms with Gasteiger partial charge in [0, 0.05) is 6.20 Å². The summed E-state index contributed by atoms with van der Waals surface area (Å²) < 4.78 is 0. The van der Waals surface area contributed by atoms with Crippen molar-refractivity contribution in [2.24, 2.45) is 4.99 Å². The van der Waals surface area contributed by atoms with E-state index in [1.807, 2.05) is 43.3 Å². The molecule has 0 N–H and O–H groups in total. The summed E-state index contributed by atoms with van der Waals surface area (Å²) in [6.45, 7) is 4.14. The fourth-order valence-corrected chi connectivity index (χ4v) is 1.73. The summed E-state index contributed by atoms with van der Waals surface area (Å²) in [5, 5.41) is 0. The number of hydrogen-bond donors (Lipinski definition) is 0. The molecular weight excluding hydrogens is 208 g/mol. The number of aromatic nitrogens is 1. The van der Waals surface area contributed by atoms with Gasteiger partial charge in [-0.05, 0) is 37.1 Å². The van der Waals surface area contributed by atoms with Gasteiger partial charge in [-0.25, -0.2) is 0 Å². The lowest BCUT2D eigenvalue weighted by Gasteiger charge is -2.04. The normalized spacial score (nSPS) is 11.5. The molecule has 2 nitrogen and oxygen atoms in total. The fourth-order valence-electron chi connectivity index (χ4n) is 1.73. The Morgan fingerprint density at radius 3 is 2.59 bits per heavy atom. The molecule has 86 valence electrons. The van der Waals surface area contributed by atoms with Crippen LogP contribution in [0.5, 0.6) is 0 Å². The molecule has 2 rings (SSSR count). The summed E-state index contributed by atoms with van der Waals surface area (Å²) >= 11 is 0. The van der Waals surface area contributed by atoms with Crippen molar-refractivity contribution in [3.05, 3.63) is 59.9 Å². The van der Waals surface area contributed by atoms with E-state index in [2.05, 4.69) is 23.0 Å². The van der Waals surface area contributed by atoms with Crippen molar-refractivity contribution in [2.45, 2.75) is 20.3 Å². The first kappa shape index (κ1) is 11.5. The van der Waals surface area contributed by atoms with E-state index in [1.54, 1.807) is 6.20 Å². The Labute approximate surface area is 102 Å². The molecule has 0 saturated heterocycles. The SMILES string of the molecule is CCc1ccccc1N=C(C)c1ccccn1. The maximum atomic E-state index is 4.65. The minimum atomic E-state index is 0.929. The Hall–Kier alpha value is -1.96. The van der Waals surface area contributed by atoms with Crippen LogP contribution in [0.2, 0.25) is 0 Å². The monoisotopic (exact) mass is 224 g/mol. The largest absolute Gasteiger partial charge is 0.255 e. The number of aryl methyl sites for hydroxylation is 1. The van der Waals surface area contributed by atoms with Crippen LogP contribution in [0.4, 0.5) is 5.69 Å². The zero-order valence-electron chi connectivity index (χ0n) is 10.2. The second-order valence-electron chi connectivity index (χ2n) is 3.89. The van der Waals surface area contributed by atoms with Crippen molar-refractivity contribution in [2.75, 3.05) is 0 Å². The van der Waals surface area contributed by atoms with Gasteiger partial charge in [0.2, 0.25) is 0 Å². The Bertz CT molecular complexity index is 515. The van der Waals surface area contributed by atoms with Crippen LogP contribution in [0.1, 0.15) is 25.1 Å². The molecule has 0 bridgehead atoms. The van der Waals surface area contributed by atoms with Crippen LogP contribution in [0.15, 0.2) is 53.7 Å². The van der Waals surface area contributed by atoms with Gasteiger partial charge < -0.3 is 0 Å². The van der Waals surface area contributed by atoms with E-state index in [0.29, 0.717) is 0 Å². The second-order valence-corrected chi connectivity index (χ2v) is 3.89. The number of benzene rings is 1. The molecule has 1 aromatic heterocycles. The van der Waals surface area contributed by atoms with Crippen molar-refractivity contribution < 1.29 is 0 Å². The van der Waals surface area contributed by atoms with Gasteiger partial charge in [-0.2, -0.15) is 0 Å². The smallest absolute Gasteiger partial charge is 0.0841 e. The lowest BCUT2D eigenvalue weighted by Crippen LogP contribution is -1.97. The van der Waals surface area contributed by atoms with Crippen molar-refractivity contribution in [3.8, 4) is 0 Å². The lowest BCUT2D eigenvalue weighted by atomic mass is 10.1. The van der Waals surface area contributed by atoms with Crippen LogP contribution in [0.25, 0.3) is 0 Å². The minimum absolute atomic E-state index is 0.929. The molecule has 0 spiro atoms. The molecule has 0 atom stereocenters. The number of aliphatic imine (C=N–C) groups is 1. The van der Waals surface area contributed by atoms with Gasteiger partial charge >= 0.3 is 0 Å².